The number of ether oxygens (including phenoxy) is 1. The Morgan fingerprint density at radius 1 is 0.905 bits per heavy atom. The number of anilines is 1. The van der Waals surface area contributed by atoms with Crippen LogP contribution in [0.4, 0.5) is 10.5 Å². The van der Waals surface area contributed by atoms with E-state index in [2.05, 4.69) is 17.4 Å². The molecule has 0 unspecified atom stereocenters. The van der Waals surface area contributed by atoms with Crippen LogP contribution in [-0.2, 0) is 16.0 Å². The zero-order valence-corrected chi connectivity index (χ0v) is 24.7. The summed E-state index contributed by atoms with van der Waals surface area (Å²) in [5, 5.41) is 14.9. The lowest BCUT2D eigenvalue weighted by molar-refractivity contribution is -0.135. The molecule has 1 aliphatic rings. The number of rotatable bonds is 14. The van der Waals surface area contributed by atoms with Gasteiger partial charge in [0.2, 0.25) is 5.91 Å². The minimum atomic E-state index is -0.467. The standard InChI is InChI=1S/C34H44N4O4/c1-2-3-10-26-37(35-23-21-28-17-19-30(39)20-18-28)33(40)22-27-42-34(41)38(36-24-11-5-12-25-36)32-16-9-8-15-31(32)29-13-6-4-7-14-29/h4,6-9,13-20,35,39H,2-3,5,10-12,21-27H2,1H3. The first-order valence-corrected chi connectivity index (χ1v) is 15.2. The van der Waals surface area contributed by atoms with E-state index in [1.54, 1.807) is 22.2 Å². The first-order valence-electron chi connectivity index (χ1n) is 15.2. The van der Waals surface area contributed by atoms with Gasteiger partial charge in [-0.05, 0) is 55.0 Å². The molecule has 0 bridgehead atoms. The molecule has 8 nitrogen and oxygen atoms in total. The summed E-state index contributed by atoms with van der Waals surface area (Å²) in [6.45, 7) is 4.86. The van der Waals surface area contributed by atoms with Crippen LogP contribution in [0.5, 0.6) is 5.75 Å². The molecule has 0 atom stereocenters. The molecule has 1 aliphatic heterocycles. The number of amides is 2. The van der Waals surface area contributed by atoms with Gasteiger partial charge < -0.3 is 9.84 Å². The maximum atomic E-state index is 13.6. The number of nitrogens with one attached hydrogen (secondary N) is 1. The molecule has 0 radical (unpaired) electrons. The van der Waals surface area contributed by atoms with E-state index in [-0.39, 0.29) is 24.7 Å². The van der Waals surface area contributed by atoms with Crippen LogP contribution in [0.25, 0.3) is 11.1 Å². The Morgan fingerprint density at radius 3 is 2.36 bits per heavy atom. The zero-order chi connectivity index (χ0) is 29.6. The molecule has 1 fully saturated rings. The van der Waals surface area contributed by atoms with Crippen LogP contribution in [0.3, 0.4) is 0 Å². The normalized spacial score (nSPS) is 13.5. The number of hydrogen-bond donors (Lipinski definition) is 2. The molecule has 0 spiro atoms. The van der Waals surface area contributed by atoms with E-state index < -0.39 is 6.09 Å². The Balaban J connectivity index is 1.39. The highest BCUT2D eigenvalue weighted by Gasteiger charge is 2.28. The molecule has 224 valence electrons. The molecule has 8 heteroatoms. The van der Waals surface area contributed by atoms with Crippen molar-refractivity contribution in [1.82, 2.24) is 15.4 Å². The number of carbonyl (C=O) groups excluding carboxylic acids is 2. The zero-order valence-electron chi connectivity index (χ0n) is 24.7. The van der Waals surface area contributed by atoms with E-state index >= 15 is 0 Å². The molecule has 2 amide bonds. The Bertz CT molecular complexity index is 1250. The van der Waals surface area contributed by atoms with Gasteiger partial charge in [-0.15, -0.1) is 0 Å². The third kappa shape index (κ3) is 9.06. The second-order valence-corrected chi connectivity index (χ2v) is 10.7. The van der Waals surface area contributed by atoms with Crippen molar-refractivity contribution >= 4 is 17.7 Å². The smallest absolute Gasteiger partial charge is 0.429 e. The molecule has 3 aromatic rings. The van der Waals surface area contributed by atoms with E-state index in [4.69, 9.17) is 4.74 Å². The maximum absolute atomic E-state index is 13.6. The van der Waals surface area contributed by atoms with Crippen LogP contribution >= 0.6 is 0 Å². The van der Waals surface area contributed by atoms with Crippen molar-refractivity contribution in [3.63, 3.8) is 0 Å². The number of hydrazine groups is 2. The summed E-state index contributed by atoms with van der Waals surface area (Å²) in [4.78, 5) is 26.8. The van der Waals surface area contributed by atoms with E-state index in [1.165, 1.54) is 0 Å². The Labute approximate surface area is 249 Å². The number of phenols is 1. The van der Waals surface area contributed by atoms with Gasteiger partial charge in [-0.1, -0.05) is 86.8 Å². The first-order chi connectivity index (χ1) is 20.6. The summed E-state index contributed by atoms with van der Waals surface area (Å²) in [5.74, 6) is 0.138. The van der Waals surface area contributed by atoms with Crippen LogP contribution in [0, 0.1) is 0 Å². The lowest BCUT2D eigenvalue weighted by atomic mass is 10.0. The van der Waals surface area contributed by atoms with Crippen LogP contribution < -0.4 is 10.4 Å². The summed E-state index contributed by atoms with van der Waals surface area (Å²) >= 11 is 0. The molecular weight excluding hydrogens is 528 g/mol. The van der Waals surface area contributed by atoms with Crippen molar-refractivity contribution in [2.45, 2.75) is 58.3 Å². The van der Waals surface area contributed by atoms with Gasteiger partial charge in [0.05, 0.1) is 12.1 Å². The monoisotopic (exact) mass is 572 g/mol. The fraction of sp³-hybridized carbons (Fsp3) is 0.412. The van der Waals surface area contributed by atoms with Crippen LogP contribution in [-0.4, -0.2) is 59.9 Å². The van der Waals surface area contributed by atoms with Crippen molar-refractivity contribution in [2.24, 2.45) is 0 Å². The highest BCUT2D eigenvalue weighted by Crippen LogP contribution is 2.33. The summed E-state index contributed by atoms with van der Waals surface area (Å²) in [6, 6.07) is 25.0. The van der Waals surface area contributed by atoms with Gasteiger partial charge in [0, 0.05) is 31.7 Å². The molecule has 0 saturated carbocycles. The molecular formula is C34H44N4O4. The molecule has 4 rings (SSSR count). The summed E-state index contributed by atoms with van der Waals surface area (Å²) in [5.41, 5.74) is 7.10. The van der Waals surface area contributed by atoms with E-state index in [1.807, 2.05) is 66.7 Å². The highest BCUT2D eigenvalue weighted by molar-refractivity contribution is 5.93. The Morgan fingerprint density at radius 2 is 1.62 bits per heavy atom. The van der Waals surface area contributed by atoms with Gasteiger partial charge >= 0.3 is 6.09 Å². The number of unbranched alkanes of at least 4 members (excludes halogenated alkanes) is 2. The number of piperidine rings is 1. The minimum Gasteiger partial charge on any atom is -0.508 e. The largest absolute Gasteiger partial charge is 0.508 e. The number of aromatic hydroxyl groups is 1. The fourth-order valence-corrected chi connectivity index (χ4v) is 5.19. The van der Waals surface area contributed by atoms with E-state index in [0.717, 1.165) is 80.4 Å². The number of benzene rings is 3. The van der Waals surface area contributed by atoms with Gasteiger partial charge in [0.25, 0.3) is 0 Å². The second-order valence-electron chi connectivity index (χ2n) is 10.7. The Hall–Kier alpha value is -3.88. The lowest BCUT2D eigenvalue weighted by Gasteiger charge is -2.37. The quantitative estimate of drug-likeness (QED) is 0.168. The third-order valence-corrected chi connectivity index (χ3v) is 7.49. The van der Waals surface area contributed by atoms with Crippen molar-refractivity contribution in [3.8, 4) is 16.9 Å². The number of phenolic OH excluding ortho intramolecular Hbond substituents is 1. The van der Waals surface area contributed by atoms with Crippen molar-refractivity contribution in [2.75, 3.05) is 37.8 Å². The Kier molecular flexibility index (Phi) is 12.2. The van der Waals surface area contributed by atoms with Crippen LogP contribution in [0.2, 0.25) is 0 Å². The van der Waals surface area contributed by atoms with Crippen LogP contribution in [0.15, 0.2) is 78.9 Å². The van der Waals surface area contributed by atoms with Crippen molar-refractivity contribution < 1.29 is 19.4 Å². The molecule has 1 saturated heterocycles. The molecule has 3 aromatic carbocycles. The average molecular weight is 573 g/mol. The predicted molar refractivity (Wildman–Crippen MR) is 167 cm³/mol. The summed E-state index contributed by atoms with van der Waals surface area (Å²) in [7, 11) is 0. The van der Waals surface area contributed by atoms with Gasteiger partial charge in [0.1, 0.15) is 12.4 Å². The molecule has 1 heterocycles. The highest BCUT2D eigenvalue weighted by atomic mass is 16.6. The third-order valence-electron chi connectivity index (χ3n) is 7.49. The average Bonchev–Trinajstić information content (AvgIpc) is 3.02. The molecule has 0 aliphatic carbocycles. The summed E-state index contributed by atoms with van der Waals surface area (Å²) in [6.07, 6.45) is 6.50. The van der Waals surface area contributed by atoms with Crippen molar-refractivity contribution in [3.05, 3.63) is 84.4 Å². The van der Waals surface area contributed by atoms with Crippen molar-refractivity contribution in [1.29, 1.82) is 0 Å². The molecule has 2 N–H and O–H groups in total. The van der Waals surface area contributed by atoms with Gasteiger partial charge in [-0.3, -0.25) is 9.80 Å². The molecule has 0 aromatic heterocycles. The first kappa shape index (κ1) is 31.1. The number of carbonyl (C=O) groups is 2. The number of para-hydroxylation sites is 1. The maximum Gasteiger partial charge on any atom is 0.429 e. The molecule has 42 heavy (non-hydrogen) atoms. The second kappa shape index (κ2) is 16.5. The number of nitrogens with zero attached hydrogens (tertiary/aromatic N) is 3. The van der Waals surface area contributed by atoms with Gasteiger partial charge in [0.15, 0.2) is 0 Å². The van der Waals surface area contributed by atoms with E-state index in [9.17, 15) is 14.7 Å². The van der Waals surface area contributed by atoms with Gasteiger partial charge in [-0.2, -0.15) is 0 Å². The SMILES string of the molecule is CCCCCN(NCCc1ccc(O)cc1)C(=O)CCOC(=O)N(c1ccccc1-c1ccccc1)N1CCCCC1. The minimum absolute atomic E-state index is 0.000565. The lowest BCUT2D eigenvalue weighted by Crippen LogP contribution is -2.50. The predicted octanol–water partition coefficient (Wildman–Crippen LogP) is 6.56. The summed E-state index contributed by atoms with van der Waals surface area (Å²) < 4.78 is 5.78. The van der Waals surface area contributed by atoms with E-state index in [0.29, 0.717) is 13.1 Å². The fourth-order valence-electron chi connectivity index (χ4n) is 5.19. The number of hydrogen-bond acceptors (Lipinski definition) is 6. The topological polar surface area (TPSA) is 85.3 Å². The van der Waals surface area contributed by atoms with Crippen LogP contribution in [0.1, 0.15) is 57.4 Å². The van der Waals surface area contributed by atoms with Gasteiger partial charge in [-0.25, -0.2) is 20.2 Å².